The van der Waals surface area contributed by atoms with Crippen LogP contribution in [0.5, 0.6) is 0 Å². The van der Waals surface area contributed by atoms with Crippen molar-refractivity contribution in [1.82, 2.24) is 10.6 Å². The molecule has 2 N–H and O–H groups in total. The third-order valence-electron chi connectivity index (χ3n) is 2.84. The van der Waals surface area contributed by atoms with Crippen LogP contribution in [0, 0.1) is 0 Å². The molecule has 0 aliphatic heterocycles. The average Bonchev–Trinajstić information content (AvgIpc) is 2.90. The molecule has 0 bridgehead atoms. The Kier molecular flexibility index (Phi) is 6.72. The Hall–Kier alpha value is -0.680. The Morgan fingerprint density at radius 3 is 2.79 bits per heavy atom. The number of aliphatic imine (C=N–C) groups is 1. The molecule has 3 nitrogen and oxygen atoms in total. The van der Waals surface area contributed by atoms with Crippen LogP contribution in [0.15, 0.2) is 22.5 Å². The molecule has 5 heteroatoms. The van der Waals surface area contributed by atoms with Crippen LogP contribution in [-0.2, 0) is 0 Å². The van der Waals surface area contributed by atoms with E-state index in [9.17, 15) is 0 Å². The molecule has 1 aromatic rings. The Balaban J connectivity index is 2.64. The van der Waals surface area contributed by atoms with Gasteiger partial charge in [-0.1, -0.05) is 6.07 Å². The van der Waals surface area contributed by atoms with Crippen LogP contribution in [-0.4, -0.2) is 30.1 Å². The quantitative estimate of drug-likeness (QED) is 0.623. The minimum absolute atomic E-state index is 0.175. The fraction of sp³-hybridized carbons (Fsp3) is 0.643. The highest BCUT2D eigenvalue weighted by Crippen LogP contribution is 2.21. The number of hydrogen-bond donors (Lipinski definition) is 2. The molecule has 0 aromatic carbocycles. The van der Waals surface area contributed by atoms with Gasteiger partial charge in [-0.25, -0.2) is 0 Å². The van der Waals surface area contributed by atoms with E-state index in [0.29, 0.717) is 0 Å². The lowest BCUT2D eigenvalue weighted by Gasteiger charge is -2.21. The molecule has 0 saturated heterocycles. The van der Waals surface area contributed by atoms with Crippen LogP contribution in [0.4, 0.5) is 0 Å². The number of rotatable bonds is 6. The molecule has 0 aliphatic carbocycles. The van der Waals surface area contributed by atoms with Gasteiger partial charge in [-0.2, -0.15) is 11.8 Å². The molecule has 0 spiro atoms. The summed E-state index contributed by atoms with van der Waals surface area (Å²) in [6, 6.07) is 4.52. The highest BCUT2D eigenvalue weighted by molar-refractivity contribution is 7.99. The number of guanidine groups is 1. The number of nitrogens with one attached hydrogen (secondary N) is 2. The molecule has 1 unspecified atom stereocenters. The van der Waals surface area contributed by atoms with E-state index >= 15 is 0 Å². The Morgan fingerprint density at radius 1 is 1.53 bits per heavy atom. The highest BCUT2D eigenvalue weighted by atomic mass is 32.2. The molecular formula is C14H25N3S2. The summed E-state index contributed by atoms with van der Waals surface area (Å²) >= 11 is 3.61. The number of nitrogens with zero attached hydrogens (tertiary/aromatic N) is 1. The summed E-state index contributed by atoms with van der Waals surface area (Å²) < 4.78 is 0.175. The second kappa shape index (κ2) is 7.80. The van der Waals surface area contributed by atoms with Crippen molar-refractivity contribution < 1.29 is 0 Å². The number of thiophene rings is 1. The van der Waals surface area contributed by atoms with Crippen molar-refractivity contribution in [2.45, 2.75) is 38.5 Å². The highest BCUT2D eigenvalue weighted by Gasteiger charge is 2.16. The van der Waals surface area contributed by atoms with Crippen LogP contribution >= 0.6 is 23.1 Å². The molecule has 0 saturated carbocycles. The lowest BCUT2D eigenvalue weighted by atomic mass is 10.2. The summed E-state index contributed by atoms with van der Waals surface area (Å²) in [5.41, 5.74) is 0. The average molecular weight is 300 g/mol. The van der Waals surface area contributed by atoms with Gasteiger partial charge in [0.2, 0.25) is 0 Å². The van der Waals surface area contributed by atoms with E-state index in [1.165, 1.54) is 4.88 Å². The molecule has 19 heavy (non-hydrogen) atoms. The Bertz CT molecular complexity index is 385. The van der Waals surface area contributed by atoms with Gasteiger partial charge in [0.05, 0.1) is 12.6 Å². The molecule has 0 amide bonds. The minimum Gasteiger partial charge on any atom is -0.357 e. The topological polar surface area (TPSA) is 36.4 Å². The monoisotopic (exact) mass is 299 g/mol. The second-order valence-electron chi connectivity index (χ2n) is 5.04. The normalized spacial score (nSPS) is 14.3. The van der Waals surface area contributed by atoms with E-state index in [1.54, 1.807) is 11.3 Å². The van der Waals surface area contributed by atoms with Gasteiger partial charge >= 0.3 is 0 Å². The van der Waals surface area contributed by atoms with Gasteiger partial charge < -0.3 is 10.6 Å². The smallest absolute Gasteiger partial charge is 0.191 e. The fourth-order valence-electron chi connectivity index (χ4n) is 1.47. The Morgan fingerprint density at radius 2 is 2.26 bits per heavy atom. The van der Waals surface area contributed by atoms with Gasteiger partial charge in [0, 0.05) is 16.2 Å². The third-order valence-corrected chi connectivity index (χ3v) is 5.13. The molecule has 1 rings (SSSR count). The lowest BCUT2D eigenvalue weighted by molar-refractivity contribution is 0.677. The maximum Gasteiger partial charge on any atom is 0.191 e. The standard InChI is InChI=1S/C14H25N3S2/c1-6-15-13(16-10-14(3,4)18-5)17-11(2)12-8-7-9-19-12/h7-9,11H,6,10H2,1-5H3,(H2,15,16,17). The Labute approximate surface area is 125 Å². The van der Waals surface area contributed by atoms with Crippen molar-refractivity contribution in [2.24, 2.45) is 4.99 Å². The first kappa shape index (κ1) is 16.4. The lowest BCUT2D eigenvalue weighted by Crippen LogP contribution is -2.39. The largest absolute Gasteiger partial charge is 0.357 e. The van der Waals surface area contributed by atoms with Gasteiger partial charge in [0.15, 0.2) is 5.96 Å². The number of hydrogen-bond acceptors (Lipinski definition) is 3. The summed E-state index contributed by atoms with van der Waals surface area (Å²) in [5.74, 6) is 0.894. The van der Waals surface area contributed by atoms with Crippen molar-refractivity contribution in [2.75, 3.05) is 19.3 Å². The molecule has 1 atom stereocenters. The van der Waals surface area contributed by atoms with Crippen LogP contribution < -0.4 is 10.6 Å². The van der Waals surface area contributed by atoms with Crippen LogP contribution in [0.2, 0.25) is 0 Å². The van der Waals surface area contributed by atoms with Crippen molar-refractivity contribution in [3.05, 3.63) is 22.4 Å². The van der Waals surface area contributed by atoms with E-state index < -0.39 is 0 Å². The first-order valence-electron chi connectivity index (χ1n) is 6.62. The van der Waals surface area contributed by atoms with Gasteiger partial charge in [-0.3, -0.25) is 4.99 Å². The van der Waals surface area contributed by atoms with Crippen LogP contribution in [0.1, 0.15) is 38.6 Å². The molecule has 0 radical (unpaired) electrons. The van der Waals surface area contributed by atoms with Crippen molar-refractivity contribution >= 4 is 29.1 Å². The van der Waals surface area contributed by atoms with Gasteiger partial charge in [0.1, 0.15) is 0 Å². The van der Waals surface area contributed by atoms with E-state index in [1.807, 2.05) is 11.8 Å². The molecule has 1 heterocycles. The van der Waals surface area contributed by atoms with E-state index in [2.05, 4.69) is 67.1 Å². The van der Waals surface area contributed by atoms with Gasteiger partial charge in [-0.05, 0) is 45.4 Å². The number of thioether (sulfide) groups is 1. The summed E-state index contributed by atoms with van der Waals surface area (Å²) in [6.07, 6.45) is 2.13. The molecule has 0 fully saturated rings. The summed E-state index contributed by atoms with van der Waals surface area (Å²) in [6.45, 7) is 10.4. The zero-order chi connectivity index (χ0) is 14.3. The molecule has 1 aromatic heterocycles. The maximum atomic E-state index is 4.68. The van der Waals surface area contributed by atoms with E-state index in [0.717, 1.165) is 19.0 Å². The van der Waals surface area contributed by atoms with Gasteiger partial charge in [-0.15, -0.1) is 11.3 Å². The van der Waals surface area contributed by atoms with E-state index in [-0.39, 0.29) is 10.8 Å². The summed E-state index contributed by atoms with van der Waals surface area (Å²) in [5, 5.41) is 8.87. The SMILES string of the molecule is CCNC(=NCC(C)(C)SC)NC(C)c1cccs1. The van der Waals surface area contributed by atoms with Crippen molar-refractivity contribution in [1.29, 1.82) is 0 Å². The summed E-state index contributed by atoms with van der Waals surface area (Å²) in [7, 11) is 0. The van der Waals surface area contributed by atoms with Crippen molar-refractivity contribution in [3.63, 3.8) is 0 Å². The molecular weight excluding hydrogens is 274 g/mol. The fourth-order valence-corrected chi connectivity index (χ4v) is 2.40. The van der Waals surface area contributed by atoms with E-state index in [4.69, 9.17) is 0 Å². The second-order valence-corrected chi connectivity index (χ2v) is 7.53. The zero-order valence-corrected chi connectivity index (χ0v) is 14.1. The molecule has 108 valence electrons. The minimum atomic E-state index is 0.175. The molecule has 0 aliphatic rings. The predicted molar refractivity (Wildman–Crippen MR) is 89.4 cm³/mol. The van der Waals surface area contributed by atoms with Gasteiger partial charge in [0.25, 0.3) is 0 Å². The maximum absolute atomic E-state index is 4.68. The van der Waals surface area contributed by atoms with Crippen LogP contribution in [0.3, 0.4) is 0 Å². The van der Waals surface area contributed by atoms with Crippen molar-refractivity contribution in [3.8, 4) is 0 Å². The zero-order valence-electron chi connectivity index (χ0n) is 12.5. The summed E-state index contributed by atoms with van der Waals surface area (Å²) in [4.78, 5) is 6.01. The predicted octanol–water partition coefficient (Wildman–Crippen LogP) is 3.51. The first-order valence-corrected chi connectivity index (χ1v) is 8.72. The first-order chi connectivity index (χ1) is 8.98. The third kappa shape index (κ3) is 5.87. The van der Waals surface area contributed by atoms with Crippen LogP contribution in [0.25, 0.3) is 0 Å².